The molecule has 23 heavy (non-hydrogen) atoms. The third-order valence-corrected chi connectivity index (χ3v) is 5.26. The Morgan fingerprint density at radius 1 is 1.61 bits per heavy atom. The second-order valence-corrected chi connectivity index (χ2v) is 6.74. The van der Waals surface area contributed by atoms with Crippen molar-refractivity contribution < 1.29 is 9.53 Å². The average Bonchev–Trinajstić information content (AvgIpc) is 3.06. The van der Waals surface area contributed by atoms with Gasteiger partial charge in [0.1, 0.15) is 10.9 Å². The second-order valence-electron chi connectivity index (χ2n) is 4.80. The highest BCUT2D eigenvalue weighted by Gasteiger charge is 2.40. The van der Waals surface area contributed by atoms with E-state index >= 15 is 0 Å². The summed E-state index contributed by atoms with van der Waals surface area (Å²) in [6.07, 6.45) is 5.31. The van der Waals surface area contributed by atoms with Crippen molar-refractivity contribution in [3.63, 3.8) is 0 Å². The number of ether oxygens (including phenoxy) is 1. The molecule has 0 aliphatic carbocycles. The molecule has 0 fully saturated rings. The van der Waals surface area contributed by atoms with Gasteiger partial charge in [0, 0.05) is 16.5 Å². The van der Waals surface area contributed by atoms with Gasteiger partial charge in [0.25, 0.3) is 0 Å². The Hall–Kier alpha value is -2.02. The van der Waals surface area contributed by atoms with Gasteiger partial charge >= 0.3 is 5.97 Å². The molecule has 118 valence electrons. The number of carbonyl (C=O) groups excluding carboxylic acids is 1. The van der Waals surface area contributed by atoms with Crippen LogP contribution in [-0.4, -0.2) is 24.0 Å². The summed E-state index contributed by atoms with van der Waals surface area (Å²) in [4.78, 5) is 17.8. The van der Waals surface area contributed by atoms with Crippen molar-refractivity contribution >= 4 is 34.8 Å². The van der Waals surface area contributed by atoms with Crippen molar-refractivity contribution in [2.45, 2.75) is 19.8 Å². The van der Waals surface area contributed by atoms with E-state index in [2.05, 4.69) is 17.0 Å². The lowest BCUT2D eigenvalue weighted by molar-refractivity contribution is -0.145. The Kier molecular flexibility index (Phi) is 6.04. The van der Waals surface area contributed by atoms with Crippen molar-refractivity contribution in [2.24, 2.45) is 10.9 Å². The number of nitriles is 1. The summed E-state index contributed by atoms with van der Waals surface area (Å²) in [5.74, 6) is 1.69. The average molecular weight is 344 g/mol. The number of rotatable bonds is 5. The van der Waals surface area contributed by atoms with Gasteiger partial charge in [0.15, 0.2) is 0 Å². The molecular formula is C17H16N2O2S2. The summed E-state index contributed by atoms with van der Waals surface area (Å²) in [6.45, 7) is 3.86. The molecule has 0 spiro atoms. The number of nitrogens with zero attached hydrogens (tertiary/aromatic N) is 2. The summed E-state index contributed by atoms with van der Waals surface area (Å²) in [6, 6.07) is 6.07. The van der Waals surface area contributed by atoms with Crippen LogP contribution in [0.25, 0.3) is 0 Å². The summed E-state index contributed by atoms with van der Waals surface area (Å²) in [5, 5.41) is 12.2. The van der Waals surface area contributed by atoms with Crippen LogP contribution < -0.4 is 0 Å². The zero-order valence-corrected chi connectivity index (χ0v) is 14.5. The number of allylic oxidation sites excluding steroid dienone is 1. The highest BCUT2D eigenvalue weighted by molar-refractivity contribution is 8.03. The number of esters is 1. The fraction of sp³-hybridized carbons (Fsp3) is 0.353. The van der Waals surface area contributed by atoms with E-state index in [1.165, 1.54) is 23.1 Å². The van der Waals surface area contributed by atoms with Crippen LogP contribution in [0.2, 0.25) is 0 Å². The molecule has 2 heterocycles. The highest BCUT2D eigenvalue weighted by atomic mass is 32.2. The Bertz CT molecular complexity index is 721. The van der Waals surface area contributed by atoms with E-state index in [9.17, 15) is 10.1 Å². The molecule has 0 saturated heterocycles. The maximum atomic E-state index is 12.4. The van der Waals surface area contributed by atoms with Gasteiger partial charge in [-0.3, -0.25) is 4.79 Å². The van der Waals surface area contributed by atoms with E-state index in [1.54, 1.807) is 13.8 Å². The molecule has 0 saturated carbocycles. The van der Waals surface area contributed by atoms with Crippen molar-refractivity contribution in [2.75, 3.05) is 12.4 Å². The van der Waals surface area contributed by atoms with Crippen molar-refractivity contribution in [1.29, 1.82) is 5.26 Å². The van der Waals surface area contributed by atoms with Gasteiger partial charge in [0.05, 0.1) is 24.0 Å². The quantitative estimate of drug-likeness (QED) is 0.605. The molecule has 1 aliphatic rings. The summed E-state index contributed by atoms with van der Waals surface area (Å²) in [5.41, 5.74) is 1.14. The molecule has 6 heteroatoms. The molecule has 1 aliphatic heterocycles. The van der Waals surface area contributed by atoms with Gasteiger partial charge in [-0.2, -0.15) is 5.26 Å². The molecule has 2 atom stereocenters. The molecule has 1 aromatic heterocycles. The highest BCUT2D eigenvalue weighted by Crippen LogP contribution is 2.43. The van der Waals surface area contributed by atoms with E-state index in [0.717, 1.165) is 4.88 Å². The van der Waals surface area contributed by atoms with Crippen LogP contribution in [0.3, 0.4) is 0 Å². The van der Waals surface area contributed by atoms with Gasteiger partial charge in [-0.05, 0) is 25.3 Å². The molecular weight excluding hydrogens is 328 g/mol. The molecule has 0 bridgehead atoms. The van der Waals surface area contributed by atoms with Crippen LogP contribution in [0.1, 0.15) is 24.6 Å². The minimum atomic E-state index is -0.571. The number of hydrogen-bond acceptors (Lipinski definition) is 6. The van der Waals surface area contributed by atoms with Crippen molar-refractivity contribution in [3.05, 3.63) is 33.0 Å². The topological polar surface area (TPSA) is 62.5 Å². The molecule has 4 nitrogen and oxygen atoms in total. The zero-order valence-electron chi connectivity index (χ0n) is 12.9. The first-order valence-corrected chi connectivity index (χ1v) is 8.96. The Labute approximate surface area is 144 Å². The van der Waals surface area contributed by atoms with Gasteiger partial charge in [-0.1, -0.05) is 23.7 Å². The maximum Gasteiger partial charge on any atom is 0.315 e. The summed E-state index contributed by atoms with van der Waals surface area (Å²) >= 11 is 2.87. The Balaban J connectivity index is 2.53. The lowest BCUT2D eigenvalue weighted by Crippen LogP contribution is -2.33. The molecule has 0 N–H and O–H groups in total. The number of carbonyl (C=O) groups is 1. The van der Waals surface area contributed by atoms with Gasteiger partial charge in [-0.15, -0.1) is 17.8 Å². The smallest absolute Gasteiger partial charge is 0.315 e. The first-order valence-electron chi connectivity index (χ1n) is 7.09. The number of thioether (sulfide) groups is 1. The van der Waals surface area contributed by atoms with Crippen LogP contribution in [0.5, 0.6) is 0 Å². The number of aliphatic imine (C=N–C) groups is 1. The monoisotopic (exact) mass is 344 g/mol. The van der Waals surface area contributed by atoms with Crippen molar-refractivity contribution in [3.8, 4) is 18.4 Å². The summed E-state index contributed by atoms with van der Waals surface area (Å²) < 4.78 is 5.20. The van der Waals surface area contributed by atoms with Crippen molar-refractivity contribution in [1.82, 2.24) is 0 Å². The maximum absolute atomic E-state index is 12.4. The lowest BCUT2D eigenvalue weighted by atomic mass is 9.81. The fourth-order valence-electron chi connectivity index (χ4n) is 2.48. The SMILES string of the molecule is C#CCSC1=C(C#N)[C@@H](c2cccs2)C(C(=O)OCC)C(C)=N1. The molecule has 1 aromatic rings. The van der Waals surface area contributed by atoms with Crippen LogP contribution in [0.4, 0.5) is 0 Å². The molecule has 0 amide bonds. The van der Waals surface area contributed by atoms with E-state index in [0.29, 0.717) is 28.7 Å². The predicted molar refractivity (Wildman–Crippen MR) is 94.2 cm³/mol. The minimum absolute atomic E-state index is 0.296. The number of thiophene rings is 1. The molecule has 0 radical (unpaired) electrons. The van der Waals surface area contributed by atoms with E-state index in [1.807, 2.05) is 17.5 Å². The molecule has 0 aromatic carbocycles. The van der Waals surface area contributed by atoms with Crippen LogP contribution in [-0.2, 0) is 9.53 Å². The lowest BCUT2D eigenvalue weighted by Gasteiger charge is -2.29. The summed E-state index contributed by atoms with van der Waals surface area (Å²) in [7, 11) is 0. The second kappa shape index (κ2) is 8.01. The van der Waals surface area contributed by atoms with Gasteiger partial charge in [-0.25, -0.2) is 4.99 Å². The Morgan fingerprint density at radius 3 is 2.96 bits per heavy atom. The predicted octanol–water partition coefficient (Wildman–Crippen LogP) is 3.59. The van der Waals surface area contributed by atoms with Crippen LogP contribution in [0, 0.1) is 29.6 Å². The third kappa shape index (κ3) is 3.67. The van der Waals surface area contributed by atoms with Gasteiger partial charge in [0.2, 0.25) is 0 Å². The number of hydrogen-bond donors (Lipinski definition) is 0. The minimum Gasteiger partial charge on any atom is -0.465 e. The first-order chi connectivity index (χ1) is 11.1. The third-order valence-electron chi connectivity index (χ3n) is 3.41. The van der Waals surface area contributed by atoms with E-state index in [-0.39, 0.29) is 11.9 Å². The fourth-order valence-corrected chi connectivity index (χ4v) is 4.11. The van der Waals surface area contributed by atoms with Gasteiger partial charge < -0.3 is 4.74 Å². The largest absolute Gasteiger partial charge is 0.465 e. The van der Waals surface area contributed by atoms with Crippen LogP contribution >= 0.6 is 23.1 Å². The zero-order chi connectivity index (χ0) is 16.8. The van der Waals surface area contributed by atoms with E-state index < -0.39 is 5.92 Å². The Morgan fingerprint density at radius 2 is 2.39 bits per heavy atom. The van der Waals surface area contributed by atoms with Crippen LogP contribution in [0.15, 0.2) is 33.1 Å². The van der Waals surface area contributed by atoms with E-state index in [4.69, 9.17) is 11.2 Å². The normalized spacial score (nSPS) is 20.4. The molecule has 2 rings (SSSR count). The standard InChI is InChI=1S/C17H16N2O2S2/c1-4-8-23-16-12(10-18)15(13-7-6-9-22-13)14(11(3)19-16)17(20)21-5-2/h1,6-7,9,14-15H,5,8H2,2-3H3/t14?,15-/m0/s1. The number of terminal acetylenes is 1. The first kappa shape index (κ1) is 17.3. The molecule has 1 unspecified atom stereocenters.